The number of rotatable bonds is 7. The van der Waals surface area contributed by atoms with Gasteiger partial charge in [-0.25, -0.2) is 4.39 Å². The van der Waals surface area contributed by atoms with Crippen molar-refractivity contribution in [3.63, 3.8) is 0 Å². The van der Waals surface area contributed by atoms with Gasteiger partial charge < -0.3 is 24.6 Å². The van der Waals surface area contributed by atoms with Crippen molar-refractivity contribution in [2.45, 2.75) is 26.4 Å². The Balaban J connectivity index is 1.43. The Morgan fingerprint density at radius 3 is 2.50 bits per heavy atom. The van der Waals surface area contributed by atoms with Crippen molar-refractivity contribution in [1.82, 2.24) is 0 Å². The second-order valence-corrected chi connectivity index (χ2v) is 8.08. The number of hydrogen-bond acceptors (Lipinski definition) is 5. The van der Waals surface area contributed by atoms with E-state index < -0.39 is 17.7 Å². The van der Waals surface area contributed by atoms with Gasteiger partial charge in [-0.3, -0.25) is 9.59 Å². The van der Waals surface area contributed by atoms with Crippen molar-refractivity contribution in [1.29, 1.82) is 0 Å². The SMILES string of the molecule is Cc1cc(OC[C@@H]2COc3ccccc3O2)cc(C)c1C(=O)Nc1cc(CC(=O)O)ccc1F. The number of fused-ring (bicyclic) bond motifs is 1. The van der Waals surface area contributed by atoms with E-state index in [0.717, 1.165) is 6.07 Å². The molecule has 0 saturated carbocycles. The lowest BCUT2D eigenvalue weighted by molar-refractivity contribution is -0.136. The number of nitrogens with one attached hydrogen (secondary N) is 1. The number of halogens is 1. The van der Waals surface area contributed by atoms with Crippen LogP contribution in [-0.4, -0.2) is 36.3 Å². The number of para-hydroxylation sites is 2. The number of aliphatic carboxylic acids is 1. The molecule has 0 spiro atoms. The standard InChI is InChI=1S/C26H24FNO6/c1-15-9-18(32-13-19-14-33-22-5-3-4-6-23(22)34-19)10-16(2)25(15)26(31)28-21-11-17(12-24(29)30)7-8-20(21)27/h3-11,19H,12-14H2,1-2H3,(H,28,31)(H,29,30)/t19-/m1/s1. The molecule has 1 atom stereocenters. The fraction of sp³-hybridized carbons (Fsp3) is 0.231. The van der Waals surface area contributed by atoms with Crippen LogP contribution in [0.25, 0.3) is 0 Å². The molecule has 2 N–H and O–H groups in total. The van der Waals surface area contributed by atoms with E-state index in [-0.39, 0.29) is 24.8 Å². The van der Waals surface area contributed by atoms with Gasteiger partial charge in [-0.2, -0.15) is 0 Å². The van der Waals surface area contributed by atoms with Gasteiger partial charge in [0.1, 0.15) is 24.8 Å². The summed E-state index contributed by atoms with van der Waals surface area (Å²) in [5.41, 5.74) is 2.01. The fourth-order valence-electron chi connectivity index (χ4n) is 3.84. The number of carboxylic acid groups (broad SMARTS) is 1. The normalized spacial score (nSPS) is 14.4. The summed E-state index contributed by atoms with van der Waals surface area (Å²) in [5.74, 6) is -0.237. The van der Waals surface area contributed by atoms with Crippen LogP contribution in [0.2, 0.25) is 0 Å². The lowest BCUT2D eigenvalue weighted by atomic mass is 10.0. The number of amides is 1. The van der Waals surface area contributed by atoms with E-state index in [1.54, 1.807) is 26.0 Å². The third-order valence-corrected chi connectivity index (χ3v) is 5.37. The molecule has 1 aliphatic heterocycles. The van der Waals surface area contributed by atoms with Crippen molar-refractivity contribution in [3.8, 4) is 17.2 Å². The molecule has 0 unspecified atom stereocenters. The van der Waals surface area contributed by atoms with Gasteiger partial charge in [0.05, 0.1) is 12.1 Å². The van der Waals surface area contributed by atoms with Gasteiger partial charge in [0.15, 0.2) is 17.6 Å². The van der Waals surface area contributed by atoms with Crippen LogP contribution in [0.15, 0.2) is 54.6 Å². The Morgan fingerprint density at radius 1 is 1.09 bits per heavy atom. The first kappa shape index (κ1) is 23.1. The first-order valence-electron chi connectivity index (χ1n) is 10.7. The molecule has 0 aromatic heterocycles. The molecule has 3 aromatic rings. The Morgan fingerprint density at radius 2 is 1.79 bits per heavy atom. The lowest BCUT2D eigenvalue weighted by Crippen LogP contribution is -2.34. The van der Waals surface area contributed by atoms with Gasteiger partial charge in [0.2, 0.25) is 0 Å². The van der Waals surface area contributed by atoms with Crippen LogP contribution in [0.4, 0.5) is 10.1 Å². The van der Waals surface area contributed by atoms with Gasteiger partial charge in [-0.1, -0.05) is 18.2 Å². The van der Waals surface area contributed by atoms with E-state index in [0.29, 0.717) is 46.1 Å². The van der Waals surface area contributed by atoms with Crippen LogP contribution in [-0.2, 0) is 11.2 Å². The fourth-order valence-corrected chi connectivity index (χ4v) is 3.84. The number of aryl methyl sites for hydroxylation is 2. The summed E-state index contributed by atoms with van der Waals surface area (Å²) in [7, 11) is 0. The summed E-state index contributed by atoms with van der Waals surface area (Å²) in [6.45, 7) is 4.16. The molecule has 1 heterocycles. The van der Waals surface area contributed by atoms with E-state index in [2.05, 4.69) is 5.32 Å². The Labute approximate surface area is 196 Å². The molecular weight excluding hydrogens is 441 g/mol. The summed E-state index contributed by atoms with van der Waals surface area (Å²) in [6.07, 6.45) is -0.547. The summed E-state index contributed by atoms with van der Waals surface area (Å²) in [5, 5.41) is 11.5. The minimum absolute atomic E-state index is 0.0717. The molecule has 176 valence electrons. The van der Waals surface area contributed by atoms with Crippen LogP contribution in [0.5, 0.6) is 17.2 Å². The first-order valence-corrected chi connectivity index (χ1v) is 10.7. The van der Waals surface area contributed by atoms with Gasteiger partial charge in [-0.15, -0.1) is 0 Å². The zero-order valence-corrected chi connectivity index (χ0v) is 18.8. The third kappa shape index (κ3) is 5.28. The maximum Gasteiger partial charge on any atom is 0.307 e. The highest BCUT2D eigenvalue weighted by Crippen LogP contribution is 2.31. The number of carbonyl (C=O) groups excluding carboxylic acids is 1. The topological polar surface area (TPSA) is 94.1 Å². The number of carbonyl (C=O) groups is 2. The highest BCUT2D eigenvalue weighted by Gasteiger charge is 2.22. The zero-order chi connectivity index (χ0) is 24.2. The molecule has 4 rings (SSSR count). The summed E-state index contributed by atoms with van der Waals surface area (Å²) in [4.78, 5) is 23.8. The molecule has 0 fully saturated rings. The molecule has 7 nitrogen and oxygen atoms in total. The third-order valence-electron chi connectivity index (χ3n) is 5.37. The van der Waals surface area contributed by atoms with Crippen molar-refractivity contribution < 1.29 is 33.3 Å². The maximum atomic E-state index is 14.2. The van der Waals surface area contributed by atoms with E-state index in [9.17, 15) is 14.0 Å². The van der Waals surface area contributed by atoms with Crippen molar-refractivity contribution in [3.05, 3.63) is 82.7 Å². The van der Waals surface area contributed by atoms with Crippen LogP contribution < -0.4 is 19.5 Å². The molecule has 34 heavy (non-hydrogen) atoms. The molecule has 0 bridgehead atoms. The van der Waals surface area contributed by atoms with Gasteiger partial charge in [0.25, 0.3) is 5.91 Å². The second-order valence-electron chi connectivity index (χ2n) is 8.08. The quantitative estimate of drug-likeness (QED) is 0.532. The number of hydrogen-bond donors (Lipinski definition) is 2. The second kappa shape index (κ2) is 9.82. The van der Waals surface area contributed by atoms with E-state index in [1.165, 1.54) is 12.1 Å². The molecule has 0 aliphatic carbocycles. The van der Waals surface area contributed by atoms with Crippen LogP contribution in [0, 0.1) is 19.7 Å². The highest BCUT2D eigenvalue weighted by molar-refractivity contribution is 6.06. The molecular formula is C26H24FNO6. The van der Waals surface area contributed by atoms with Gasteiger partial charge in [0, 0.05) is 5.56 Å². The van der Waals surface area contributed by atoms with E-state index in [4.69, 9.17) is 19.3 Å². The van der Waals surface area contributed by atoms with Crippen molar-refractivity contribution in [2.75, 3.05) is 18.5 Å². The summed E-state index contributed by atoms with van der Waals surface area (Å²) < 4.78 is 31.7. The van der Waals surface area contributed by atoms with Crippen molar-refractivity contribution in [2.24, 2.45) is 0 Å². The molecule has 1 amide bonds. The van der Waals surface area contributed by atoms with Gasteiger partial charge in [-0.05, 0) is 66.9 Å². The number of ether oxygens (including phenoxy) is 3. The average molecular weight is 465 g/mol. The largest absolute Gasteiger partial charge is 0.490 e. The Hall–Kier alpha value is -4.07. The molecule has 3 aromatic carbocycles. The van der Waals surface area contributed by atoms with Crippen LogP contribution in [0.3, 0.4) is 0 Å². The Bertz CT molecular complexity index is 1220. The molecule has 8 heteroatoms. The minimum Gasteiger partial charge on any atom is -0.490 e. The van der Waals surface area contributed by atoms with E-state index >= 15 is 0 Å². The minimum atomic E-state index is -1.04. The van der Waals surface area contributed by atoms with E-state index in [1.807, 2.05) is 24.3 Å². The number of benzene rings is 3. The highest BCUT2D eigenvalue weighted by atomic mass is 19.1. The maximum absolute atomic E-state index is 14.2. The van der Waals surface area contributed by atoms with Crippen LogP contribution in [0.1, 0.15) is 27.0 Å². The lowest BCUT2D eigenvalue weighted by Gasteiger charge is -2.26. The molecule has 0 radical (unpaired) electrons. The first-order chi connectivity index (χ1) is 16.3. The summed E-state index contributed by atoms with van der Waals surface area (Å²) >= 11 is 0. The predicted molar refractivity (Wildman–Crippen MR) is 123 cm³/mol. The monoisotopic (exact) mass is 465 g/mol. The number of carboxylic acids is 1. The van der Waals surface area contributed by atoms with Crippen molar-refractivity contribution >= 4 is 17.6 Å². The Kier molecular flexibility index (Phi) is 6.67. The van der Waals surface area contributed by atoms with Crippen LogP contribution >= 0.6 is 0 Å². The average Bonchev–Trinajstić information content (AvgIpc) is 2.79. The predicted octanol–water partition coefficient (Wildman–Crippen LogP) is 4.54. The zero-order valence-electron chi connectivity index (χ0n) is 18.8. The molecule has 0 saturated heterocycles. The van der Waals surface area contributed by atoms with Gasteiger partial charge >= 0.3 is 5.97 Å². The smallest absolute Gasteiger partial charge is 0.307 e. The summed E-state index contributed by atoms with van der Waals surface area (Å²) in [6, 6.07) is 14.7. The molecule has 1 aliphatic rings. The number of anilines is 1.